The van der Waals surface area contributed by atoms with Crippen LogP contribution in [0.4, 0.5) is 0 Å². The van der Waals surface area contributed by atoms with E-state index >= 15 is 0 Å². The minimum absolute atomic E-state index is 0.236. The van der Waals surface area contributed by atoms with Crippen LogP contribution in [-0.4, -0.2) is 47.5 Å². The van der Waals surface area contributed by atoms with Gasteiger partial charge in [-0.3, -0.25) is 4.79 Å². The van der Waals surface area contributed by atoms with Crippen molar-refractivity contribution in [1.82, 2.24) is 10.6 Å². The van der Waals surface area contributed by atoms with Gasteiger partial charge in [0.15, 0.2) is 0 Å². The van der Waals surface area contributed by atoms with Crippen LogP contribution in [-0.2, 0) is 4.79 Å². The first-order valence-electron chi connectivity index (χ1n) is 3.95. The maximum absolute atomic E-state index is 10.6. The Balaban J connectivity index is 2.50. The highest BCUT2D eigenvalue weighted by Crippen LogP contribution is 2.04. The zero-order valence-electron chi connectivity index (χ0n) is 6.95. The van der Waals surface area contributed by atoms with E-state index < -0.39 is 18.2 Å². The fourth-order valence-corrected chi connectivity index (χ4v) is 1.32. The number of carbonyl (C=O) groups excluding carboxylic acids is 1. The highest BCUT2D eigenvalue weighted by atomic mass is 16.3. The Labute approximate surface area is 70.8 Å². The van der Waals surface area contributed by atoms with E-state index in [1.165, 1.54) is 6.92 Å². The van der Waals surface area contributed by atoms with E-state index in [2.05, 4.69) is 10.6 Å². The second kappa shape index (κ2) is 3.84. The van der Waals surface area contributed by atoms with Gasteiger partial charge >= 0.3 is 0 Å². The van der Waals surface area contributed by atoms with Gasteiger partial charge in [-0.15, -0.1) is 0 Å². The lowest BCUT2D eigenvalue weighted by atomic mass is 10.0. The molecule has 0 bridgehead atoms. The summed E-state index contributed by atoms with van der Waals surface area (Å²) in [5.74, 6) is -0.236. The average molecular weight is 174 g/mol. The third kappa shape index (κ3) is 2.17. The molecule has 12 heavy (non-hydrogen) atoms. The Hall–Kier alpha value is -0.650. The lowest BCUT2D eigenvalue weighted by molar-refractivity contribution is -0.122. The molecule has 5 heteroatoms. The summed E-state index contributed by atoms with van der Waals surface area (Å²) >= 11 is 0. The molecule has 0 aromatic heterocycles. The van der Waals surface area contributed by atoms with Crippen LogP contribution in [0.2, 0.25) is 0 Å². The van der Waals surface area contributed by atoms with Crippen molar-refractivity contribution in [1.29, 1.82) is 0 Å². The van der Waals surface area contributed by atoms with Gasteiger partial charge in [0, 0.05) is 20.0 Å². The topological polar surface area (TPSA) is 81.6 Å². The van der Waals surface area contributed by atoms with Crippen molar-refractivity contribution in [3.8, 4) is 0 Å². The largest absolute Gasteiger partial charge is 0.390 e. The predicted molar refractivity (Wildman–Crippen MR) is 42.5 cm³/mol. The molecule has 0 saturated carbocycles. The summed E-state index contributed by atoms with van der Waals surface area (Å²) in [7, 11) is 0. The van der Waals surface area contributed by atoms with Gasteiger partial charge in [0.1, 0.15) is 0 Å². The third-order valence-electron chi connectivity index (χ3n) is 1.91. The van der Waals surface area contributed by atoms with Crippen LogP contribution in [0.5, 0.6) is 0 Å². The summed E-state index contributed by atoms with van der Waals surface area (Å²) in [6.07, 6.45) is -1.42. The number of piperidine rings is 1. The molecule has 5 nitrogen and oxygen atoms in total. The van der Waals surface area contributed by atoms with Gasteiger partial charge in [0.2, 0.25) is 5.91 Å². The fourth-order valence-electron chi connectivity index (χ4n) is 1.32. The average Bonchev–Trinajstić information content (AvgIpc) is 1.97. The number of β-amino-alcohol motifs (C(OH)–C–C–N with tert-alkyl or cyclic N) is 2. The molecule has 70 valence electrons. The molecule has 1 aliphatic rings. The van der Waals surface area contributed by atoms with E-state index in [4.69, 9.17) is 0 Å². The molecule has 0 aromatic rings. The molecule has 0 radical (unpaired) electrons. The summed E-state index contributed by atoms with van der Waals surface area (Å²) in [4.78, 5) is 10.6. The van der Waals surface area contributed by atoms with Gasteiger partial charge in [-0.1, -0.05) is 0 Å². The second-order valence-electron chi connectivity index (χ2n) is 3.02. The maximum Gasteiger partial charge on any atom is 0.217 e. The van der Waals surface area contributed by atoms with Crippen molar-refractivity contribution in [2.24, 2.45) is 0 Å². The number of amides is 1. The standard InChI is InChI=1S/C7H14N2O3/c1-4(10)9-7-5(11)2-8-3-6(7)12/h5-8,11-12H,2-3H2,1H3,(H,9,10)/t5-,6-/m0/s1. The van der Waals surface area contributed by atoms with E-state index in [0.29, 0.717) is 13.1 Å². The number of rotatable bonds is 1. The zero-order valence-corrected chi connectivity index (χ0v) is 6.95. The number of aliphatic hydroxyl groups excluding tert-OH is 2. The minimum Gasteiger partial charge on any atom is -0.390 e. The van der Waals surface area contributed by atoms with Crippen LogP contribution in [0.25, 0.3) is 0 Å². The first kappa shape index (κ1) is 9.44. The minimum atomic E-state index is -0.711. The van der Waals surface area contributed by atoms with Gasteiger partial charge < -0.3 is 20.8 Å². The molecule has 4 N–H and O–H groups in total. The number of hydrogen-bond acceptors (Lipinski definition) is 4. The summed E-state index contributed by atoms with van der Waals surface area (Å²) < 4.78 is 0. The summed E-state index contributed by atoms with van der Waals surface area (Å²) in [6.45, 7) is 2.17. The molecule has 1 saturated heterocycles. The highest BCUT2D eigenvalue weighted by Gasteiger charge is 2.30. The zero-order chi connectivity index (χ0) is 9.14. The maximum atomic E-state index is 10.6. The second-order valence-corrected chi connectivity index (χ2v) is 3.02. The van der Waals surface area contributed by atoms with Gasteiger partial charge in [0.25, 0.3) is 0 Å². The molecular formula is C7H14N2O3. The van der Waals surface area contributed by atoms with Crippen LogP contribution in [0.1, 0.15) is 6.92 Å². The molecule has 1 fully saturated rings. The molecule has 2 atom stereocenters. The van der Waals surface area contributed by atoms with Gasteiger partial charge in [-0.2, -0.15) is 0 Å². The van der Waals surface area contributed by atoms with Crippen molar-refractivity contribution >= 4 is 5.91 Å². The molecule has 1 heterocycles. The van der Waals surface area contributed by atoms with E-state index in [9.17, 15) is 15.0 Å². The van der Waals surface area contributed by atoms with Crippen molar-refractivity contribution in [2.75, 3.05) is 13.1 Å². The van der Waals surface area contributed by atoms with Crippen molar-refractivity contribution in [3.63, 3.8) is 0 Å². The number of carbonyl (C=O) groups is 1. The summed E-state index contributed by atoms with van der Waals surface area (Å²) in [6, 6.07) is -0.538. The van der Waals surface area contributed by atoms with Gasteiger partial charge in [0.05, 0.1) is 18.2 Å². The Morgan fingerprint density at radius 2 is 1.92 bits per heavy atom. The van der Waals surface area contributed by atoms with Crippen LogP contribution in [0.15, 0.2) is 0 Å². The predicted octanol–water partition coefficient (Wildman–Crippen LogP) is -2.18. The lowest BCUT2D eigenvalue weighted by Gasteiger charge is -2.33. The molecule has 0 aliphatic carbocycles. The first-order chi connectivity index (χ1) is 5.61. The van der Waals surface area contributed by atoms with Crippen molar-refractivity contribution < 1.29 is 15.0 Å². The van der Waals surface area contributed by atoms with E-state index in [0.717, 1.165) is 0 Å². The van der Waals surface area contributed by atoms with Crippen molar-refractivity contribution in [2.45, 2.75) is 25.2 Å². The molecule has 1 amide bonds. The molecule has 1 aliphatic heterocycles. The Kier molecular flexibility index (Phi) is 3.02. The van der Waals surface area contributed by atoms with E-state index in [1.807, 2.05) is 0 Å². The number of hydrogen-bond donors (Lipinski definition) is 4. The third-order valence-corrected chi connectivity index (χ3v) is 1.91. The van der Waals surface area contributed by atoms with Crippen LogP contribution >= 0.6 is 0 Å². The van der Waals surface area contributed by atoms with Crippen LogP contribution in [0, 0.1) is 0 Å². The highest BCUT2D eigenvalue weighted by molar-refractivity contribution is 5.73. The lowest BCUT2D eigenvalue weighted by Crippen LogP contribution is -2.60. The van der Waals surface area contributed by atoms with Gasteiger partial charge in [-0.05, 0) is 0 Å². The van der Waals surface area contributed by atoms with Gasteiger partial charge in [-0.25, -0.2) is 0 Å². The molecule has 0 aromatic carbocycles. The van der Waals surface area contributed by atoms with Crippen molar-refractivity contribution in [3.05, 3.63) is 0 Å². The number of nitrogens with one attached hydrogen (secondary N) is 2. The SMILES string of the molecule is CC(=O)NC1[C@@H](O)CNC[C@@H]1O. The fraction of sp³-hybridized carbons (Fsp3) is 0.857. The summed E-state index contributed by atoms with van der Waals surface area (Å²) in [5.41, 5.74) is 0. The smallest absolute Gasteiger partial charge is 0.217 e. The molecule has 1 rings (SSSR count). The Morgan fingerprint density at radius 3 is 2.33 bits per heavy atom. The molecule has 0 unspecified atom stereocenters. The normalized spacial score (nSPS) is 31.6. The Morgan fingerprint density at radius 1 is 1.42 bits per heavy atom. The molecular weight excluding hydrogens is 160 g/mol. The monoisotopic (exact) mass is 174 g/mol. The number of aliphatic hydroxyl groups is 2. The molecule has 0 spiro atoms. The van der Waals surface area contributed by atoms with Crippen LogP contribution in [0.3, 0.4) is 0 Å². The van der Waals surface area contributed by atoms with Crippen LogP contribution < -0.4 is 10.6 Å². The Bertz CT molecular complexity index is 164. The van der Waals surface area contributed by atoms with E-state index in [-0.39, 0.29) is 5.91 Å². The van der Waals surface area contributed by atoms with E-state index in [1.54, 1.807) is 0 Å². The first-order valence-corrected chi connectivity index (χ1v) is 3.95. The quantitative estimate of drug-likeness (QED) is 0.364. The summed E-state index contributed by atoms with van der Waals surface area (Å²) in [5, 5.41) is 24.0.